The predicted molar refractivity (Wildman–Crippen MR) is 150 cm³/mol. The van der Waals surface area contributed by atoms with Crippen LogP contribution in [0.2, 0.25) is 0 Å². The Morgan fingerprint density at radius 2 is 1.59 bits per heavy atom. The number of anilines is 1. The zero-order valence-corrected chi connectivity index (χ0v) is 23.8. The molecule has 0 aliphatic carbocycles. The second-order valence-corrected chi connectivity index (χ2v) is 11.7. The van der Waals surface area contributed by atoms with Crippen molar-refractivity contribution in [1.82, 2.24) is 10.2 Å². The zero-order chi connectivity index (χ0) is 27.2. The van der Waals surface area contributed by atoms with Crippen molar-refractivity contribution in [3.8, 4) is 0 Å². The molecule has 196 valence electrons. The molecular weight excluding hydrogens is 554 g/mol. The number of amides is 2. The number of halogens is 1. The molecule has 9 heteroatoms. The van der Waals surface area contributed by atoms with Crippen molar-refractivity contribution < 1.29 is 18.0 Å². The van der Waals surface area contributed by atoms with Gasteiger partial charge in [-0.15, -0.1) is 0 Å². The van der Waals surface area contributed by atoms with E-state index in [1.165, 1.54) is 17.0 Å². The highest BCUT2D eigenvalue weighted by molar-refractivity contribution is 9.10. The van der Waals surface area contributed by atoms with Gasteiger partial charge in [0.15, 0.2) is 0 Å². The van der Waals surface area contributed by atoms with Gasteiger partial charge in [0.2, 0.25) is 11.8 Å². The van der Waals surface area contributed by atoms with E-state index < -0.39 is 28.5 Å². The molecule has 2 amide bonds. The predicted octanol–water partition coefficient (Wildman–Crippen LogP) is 4.81. The van der Waals surface area contributed by atoms with E-state index in [2.05, 4.69) is 21.2 Å². The maximum Gasteiger partial charge on any atom is 0.264 e. The Kier molecular flexibility index (Phi) is 9.50. The molecule has 3 aromatic rings. The minimum Gasteiger partial charge on any atom is -0.355 e. The van der Waals surface area contributed by atoms with Crippen LogP contribution in [0, 0.1) is 13.8 Å². The quantitative estimate of drug-likeness (QED) is 0.370. The fourth-order valence-electron chi connectivity index (χ4n) is 3.84. The molecule has 0 heterocycles. The number of nitrogens with one attached hydrogen (secondary N) is 1. The van der Waals surface area contributed by atoms with Crippen LogP contribution in [0.3, 0.4) is 0 Å². The molecule has 1 N–H and O–H groups in total. The molecule has 1 atom stereocenters. The van der Waals surface area contributed by atoms with Crippen molar-refractivity contribution in [3.05, 3.63) is 94.0 Å². The average Bonchev–Trinajstić information content (AvgIpc) is 2.86. The van der Waals surface area contributed by atoms with Crippen molar-refractivity contribution in [2.75, 3.05) is 17.4 Å². The van der Waals surface area contributed by atoms with Crippen LogP contribution in [0.15, 0.2) is 82.2 Å². The number of hydrogen-bond donors (Lipinski definition) is 1. The van der Waals surface area contributed by atoms with Crippen LogP contribution in [0.5, 0.6) is 0 Å². The number of carbonyl (C=O) groups excluding carboxylic acids is 2. The van der Waals surface area contributed by atoms with E-state index in [1.54, 1.807) is 44.2 Å². The maximum absolute atomic E-state index is 13.8. The molecule has 0 aliphatic heterocycles. The number of hydrogen-bond acceptors (Lipinski definition) is 4. The molecule has 0 radical (unpaired) electrons. The first-order chi connectivity index (χ1) is 17.5. The summed E-state index contributed by atoms with van der Waals surface area (Å²) in [5.74, 6) is -0.796. The Hall–Kier alpha value is -3.17. The van der Waals surface area contributed by atoms with E-state index in [-0.39, 0.29) is 17.3 Å². The topological polar surface area (TPSA) is 86.8 Å². The molecule has 3 aromatic carbocycles. The molecule has 0 saturated carbocycles. The van der Waals surface area contributed by atoms with E-state index >= 15 is 0 Å². The average molecular weight is 587 g/mol. The second-order valence-electron chi connectivity index (χ2n) is 8.88. The first-order valence-corrected chi connectivity index (χ1v) is 14.2. The first kappa shape index (κ1) is 28.4. The number of sulfonamides is 1. The van der Waals surface area contributed by atoms with Gasteiger partial charge in [-0.3, -0.25) is 13.9 Å². The summed E-state index contributed by atoms with van der Waals surface area (Å²) in [5.41, 5.74) is 2.98. The SMILES string of the molecule is CCNC(=O)C(C)N(Cc1ccc(Br)cc1)C(=O)CN(c1cccc(C)c1)S(=O)(=O)c1ccc(C)cc1. The van der Waals surface area contributed by atoms with Crippen molar-refractivity contribution >= 4 is 43.5 Å². The minimum atomic E-state index is -4.07. The molecule has 37 heavy (non-hydrogen) atoms. The Morgan fingerprint density at radius 1 is 0.946 bits per heavy atom. The van der Waals surface area contributed by atoms with Gasteiger partial charge in [-0.1, -0.05) is 57.9 Å². The number of likely N-dealkylation sites (N-methyl/N-ethyl adjacent to an activating group) is 1. The smallest absolute Gasteiger partial charge is 0.264 e. The first-order valence-electron chi connectivity index (χ1n) is 12.0. The summed E-state index contributed by atoms with van der Waals surface area (Å²) >= 11 is 3.41. The number of carbonyl (C=O) groups is 2. The summed E-state index contributed by atoms with van der Waals surface area (Å²) in [6, 6.07) is 20.1. The van der Waals surface area contributed by atoms with Crippen molar-refractivity contribution in [3.63, 3.8) is 0 Å². The Morgan fingerprint density at radius 3 is 2.19 bits per heavy atom. The van der Waals surface area contributed by atoms with E-state index in [1.807, 2.05) is 44.2 Å². The molecule has 7 nitrogen and oxygen atoms in total. The number of nitrogens with zero attached hydrogens (tertiary/aromatic N) is 2. The lowest BCUT2D eigenvalue weighted by Crippen LogP contribution is -2.51. The summed E-state index contributed by atoms with van der Waals surface area (Å²) in [6.07, 6.45) is 0. The summed E-state index contributed by atoms with van der Waals surface area (Å²) < 4.78 is 29.6. The second kappa shape index (κ2) is 12.4. The standard InChI is InChI=1S/C28H32BrN3O4S/c1-5-30-28(34)22(4)31(18-23-11-13-24(29)14-12-23)27(33)19-32(25-8-6-7-21(3)17-25)37(35,36)26-15-9-20(2)10-16-26/h6-17,22H,5,18-19H2,1-4H3,(H,30,34). The Labute approximate surface area is 227 Å². The third-order valence-corrected chi connectivity index (χ3v) is 8.28. The van der Waals surface area contributed by atoms with Crippen molar-refractivity contribution in [1.29, 1.82) is 0 Å². The van der Waals surface area contributed by atoms with Crippen LogP contribution < -0.4 is 9.62 Å². The molecule has 0 spiro atoms. The van der Waals surface area contributed by atoms with Gasteiger partial charge in [0.05, 0.1) is 10.6 Å². The highest BCUT2D eigenvalue weighted by atomic mass is 79.9. The van der Waals surface area contributed by atoms with Crippen LogP contribution >= 0.6 is 15.9 Å². The molecule has 3 rings (SSSR count). The van der Waals surface area contributed by atoms with Gasteiger partial charge < -0.3 is 10.2 Å². The van der Waals surface area contributed by atoms with Crippen LogP contribution in [0.25, 0.3) is 0 Å². The molecular formula is C28H32BrN3O4S. The number of rotatable bonds is 10. The highest BCUT2D eigenvalue weighted by Gasteiger charge is 2.32. The van der Waals surface area contributed by atoms with E-state index in [4.69, 9.17) is 0 Å². The molecule has 0 bridgehead atoms. The lowest BCUT2D eigenvalue weighted by molar-refractivity contribution is -0.139. The number of aryl methyl sites for hydroxylation is 2. The Balaban J connectivity index is 2.02. The lowest BCUT2D eigenvalue weighted by atomic mass is 10.1. The van der Waals surface area contributed by atoms with Crippen molar-refractivity contribution in [2.24, 2.45) is 0 Å². The lowest BCUT2D eigenvalue weighted by Gasteiger charge is -2.32. The van der Waals surface area contributed by atoms with Gasteiger partial charge in [0.1, 0.15) is 12.6 Å². The molecule has 0 aliphatic rings. The highest BCUT2D eigenvalue weighted by Crippen LogP contribution is 2.26. The fraction of sp³-hybridized carbons (Fsp3) is 0.286. The summed E-state index contributed by atoms with van der Waals surface area (Å²) in [7, 11) is -4.07. The van der Waals surface area contributed by atoms with Gasteiger partial charge in [0.25, 0.3) is 10.0 Å². The monoisotopic (exact) mass is 585 g/mol. The van der Waals surface area contributed by atoms with Crippen LogP contribution in [-0.2, 0) is 26.2 Å². The van der Waals surface area contributed by atoms with E-state index in [0.29, 0.717) is 12.2 Å². The van der Waals surface area contributed by atoms with Crippen LogP contribution in [0.1, 0.15) is 30.5 Å². The van der Waals surface area contributed by atoms with E-state index in [0.717, 1.165) is 25.5 Å². The van der Waals surface area contributed by atoms with Gasteiger partial charge in [-0.2, -0.15) is 0 Å². The van der Waals surface area contributed by atoms with Gasteiger partial charge >= 0.3 is 0 Å². The van der Waals surface area contributed by atoms with Gasteiger partial charge in [0, 0.05) is 17.6 Å². The number of benzene rings is 3. The van der Waals surface area contributed by atoms with Gasteiger partial charge in [-0.05, 0) is 75.2 Å². The molecule has 0 fully saturated rings. The van der Waals surface area contributed by atoms with E-state index in [9.17, 15) is 18.0 Å². The fourth-order valence-corrected chi connectivity index (χ4v) is 5.51. The maximum atomic E-state index is 13.8. The third-order valence-electron chi connectivity index (χ3n) is 5.96. The molecule has 0 aromatic heterocycles. The normalized spacial score (nSPS) is 12.0. The minimum absolute atomic E-state index is 0.0867. The third kappa shape index (κ3) is 7.20. The largest absolute Gasteiger partial charge is 0.355 e. The summed E-state index contributed by atoms with van der Waals surface area (Å²) in [5, 5.41) is 2.76. The molecule has 0 saturated heterocycles. The van der Waals surface area contributed by atoms with Crippen LogP contribution in [-0.4, -0.2) is 44.3 Å². The molecule has 1 unspecified atom stereocenters. The summed E-state index contributed by atoms with van der Waals surface area (Å²) in [4.78, 5) is 28.0. The van der Waals surface area contributed by atoms with Gasteiger partial charge in [-0.25, -0.2) is 8.42 Å². The zero-order valence-electron chi connectivity index (χ0n) is 21.4. The van der Waals surface area contributed by atoms with Crippen molar-refractivity contribution in [2.45, 2.75) is 45.2 Å². The summed E-state index contributed by atoms with van der Waals surface area (Å²) in [6.45, 7) is 7.30. The van der Waals surface area contributed by atoms with Crippen LogP contribution in [0.4, 0.5) is 5.69 Å². The Bertz CT molecular complexity index is 1340.